The van der Waals surface area contributed by atoms with E-state index >= 15 is 0 Å². The highest BCUT2D eigenvalue weighted by Crippen LogP contribution is 2.22. The van der Waals surface area contributed by atoms with Crippen molar-refractivity contribution in [2.24, 2.45) is 5.73 Å². The molecule has 0 aliphatic carbocycles. The third-order valence-corrected chi connectivity index (χ3v) is 2.19. The Hall–Kier alpha value is -1.06. The molecule has 4 heteroatoms. The fraction of sp³-hybridized carbons (Fsp3) is 0.300. The average molecular weight is 216 g/mol. The highest BCUT2D eigenvalue weighted by atomic mass is 35.5. The summed E-state index contributed by atoms with van der Waals surface area (Å²) in [5, 5.41) is 0.324. The van der Waals surface area contributed by atoms with Crippen LogP contribution in [0.3, 0.4) is 0 Å². The van der Waals surface area contributed by atoms with Gasteiger partial charge in [0.2, 0.25) is 0 Å². The number of hydrogen-bond acceptors (Lipinski definition) is 2. The van der Waals surface area contributed by atoms with Crippen molar-refractivity contribution in [2.75, 3.05) is 0 Å². The Labute approximate surface area is 95.9 Å². The van der Waals surface area contributed by atoms with Crippen molar-refractivity contribution in [3.63, 3.8) is 0 Å². The van der Waals surface area contributed by atoms with Gasteiger partial charge < -0.3 is 10.1 Å². The molecule has 0 saturated heterocycles. The first kappa shape index (κ1) is 4.64. The Morgan fingerprint density at radius 3 is 3.14 bits per heavy atom. The van der Waals surface area contributed by atoms with Gasteiger partial charge in [-0.1, -0.05) is 11.6 Å². The van der Waals surface area contributed by atoms with Crippen molar-refractivity contribution in [3.8, 4) is 0 Å². The minimum Gasteiger partial charge on any atom is -0.319 e. The SMILES string of the molecule is [2H]C([2H])([2H])C(N)(c1ncc2c(Cl)cccn12)C([2H])([2H])[2H]. The second-order valence-electron chi connectivity index (χ2n) is 3.00. The summed E-state index contributed by atoms with van der Waals surface area (Å²) >= 11 is 5.97. The zero-order chi connectivity index (χ0) is 15.3. The smallest absolute Gasteiger partial charge is 0.132 e. The number of rotatable bonds is 1. The van der Waals surface area contributed by atoms with Crippen molar-refractivity contribution >= 4 is 17.1 Å². The number of aromatic nitrogens is 2. The molecular weight excluding hydrogens is 198 g/mol. The fourth-order valence-corrected chi connectivity index (χ4v) is 1.49. The summed E-state index contributed by atoms with van der Waals surface area (Å²) in [4.78, 5) is 3.89. The lowest BCUT2D eigenvalue weighted by atomic mass is 10.1. The Morgan fingerprint density at radius 1 is 1.64 bits per heavy atom. The van der Waals surface area contributed by atoms with E-state index in [1.165, 1.54) is 16.8 Å². The summed E-state index contributed by atoms with van der Waals surface area (Å²) in [6.45, 7) is -5.91. The molecule has 0 saturated carbocycles. The third-order valence-electron chi connectivity index (χ3n) is 1.87. The largest absolute Gasteiger partial charge is 0.319 e. The van der Waals surface area contributed by atoms with E-state index in [4.69, 9.17) is 25.6 Å². The normalized spacial score (nSPS) is 20.4. The summed E-state index contributed by atoms with van der Waals surface area (Å²) in [6.07, 6.45) is 2.78. The van der Waals surface area contributed by atoms with Gasteiger partial charge in [-0.25, -0.2) is 4.98 Å². The van der Waals surface area contributed by atoms with Crippen LogP contribution < -0.4 is 5.73 Å². The molecule has 0 bridgehead atoms. The topological polar surface area (TPSA) is 43.3 Å². The van der Waals surface area contributed by atoms with E-state index in [2.05, 4.69) is 4.98 Å². The number of nitrogens with two attached hydrogens (primary N) is 1. The van der Waals surface area contributed by atoms with Crippen LogP contribution in [0.5, 0.6) is 0 Å². The Bertz CT molecular complexity index is 630. The average Bonchev–Trinajstić information content (AvgIpc) is 2.70. The van der Waals surface area contributed by atoms with E-state index in [9.17, 15) is 0 Å². The van der Waals surface area contributed by atoms with Crippen LogP contribution in [0.1, 0.15) is 27.8 Å². The van der Waals surface area contributed by atoms with E-state index in [-0.39, 0.29) is 5.82 Å². The van der Waals surface area contributed by atoms with Gasteiger partial charge in [0, 0.05) is 14.4 Å². The molecule has 0 fully saturated rings. The number of halogens is 1. The molecule has 14 heavy (non-hydrogen) atoms. The summed E-state index contributed by atoms with van der Waals surface area (Å²) in [5.41, 5.74) is 3.59. The van der Waals surface area contributed by atoms with E-state index in [0.717, 1.165) is 0 Å². The van der Waals surface area contributed by atoms with Gasteiger partial charge >= 0.3 is 0 Å². The lowest BCUT2D eigenvalue weighted by Gasteiger charge is -2.16. The van der Waals surface area contributed by atoms with Crippen molar-refractivity contribution < 1.29 is 8.22 Å². The number of pyridine rings is 1. The van der Waals surface area contributed by atoms with Gasteiger partial charge in [-0.15, -0.1) is 0 Å². The maximum absolute atomic E-state index is 7.51. The van der Waals surface area contributed by atoms with Gasteiger partial charge in [0.05, 0.1) is 22.3 Å². The van der Waals surface area contributed by atoms with Gasteiger partial charge in [0.1, 0.15) is 5.82 Å². The Morgan fingerprint density at radius 2 is 2.43 bits per heavy atom. The van der Waals surface area contributed by atoms with Crippen LogP contribution in [0.2, 0.25) is 5.02 Å². The fourth-order valence-electron chi connectivity index (χ4n) is 1.28. The van der Waals surface area contributed by atoms with Crippen molar-refractivity contribution in [1.29, 1.82) is 0 Å². The first-order valence-corrected chi connectivity index (χ1v) is 4.29. The molecular formula is C10H12ClN3. The highest BCUT2D eigenvalue weighted by Gasteiger charge is 2.20. The zero-order valence-corrected chi connectivity index (χ0v) is 7.92. The lowest BCUT2D eigenvalue weighted by molar-refractivity contribution is 0.512. The molecule has 74 valence electrons. The van der Waals surface area contributed by atoms with Gasteiger partial charge in [0.15, 0.2) is 0 Å². The van der Waals surface area contributed by atoms with Crippen molar-refractivity contribution in [2.45, 2.75) is 19.2 Å². The van der Waals surface area contributed by atoms with E-state index in [1.54, 1.807) is 12.1 Å². The van der Waals surface area contributed by atoms with Crippen LogP contribution in [-0.2, 0) is 5.54 Å². The van der Waals surface area contributed by atoms with Crippen LogP contribution in [-0.4, -0.2) is 9.38 Å². The molecule has 0 radical (unpaired) electrons. The predicted molar refractivity (Wildman–Crippen MR) is 57.4 cm³/mol. The Balaban J connectivity index is 2.81. The highest BCUT2D eigenvalue weighted by molar-refractivity contribution is 6.33. The molecule has 2 aromatic rings. The number of nitrogens with zero attached hydrogens (tertiary/aromatic N) is 2. The maximum Gasteiger partial charge on any atom is 0.132 e. The molecule has 2 rings (SSSR count). The second-order valence-corrected chi connectivity index (χ2v) is 3.41. The number of fused-ring (bicyclic) bond motifs is 1. The van der Waals surface area contributed by atoms with Gasteiger partial charge in [0.25, 0.3) is 0 Å². The summed E-state index contributed by atoms with van der Waals surface area (Å²) in [7, 11) is 0. The number of hydrogen-bond donors (Lipinski definition) is 1. The van der Waals surface area contributed by atoms with E-state index in [1.807, 2.05) is 0 Å². The lowest BCUT2D eigenvalue weighted by Crippen LogP contribution is -2.31. The molecule has 0 unspecified atom stereocenters. The van der Waals surface area contributed by atoms with Crippen LogP contribution in [0.4, 0.5) is 0 Å². The van der Waals surface area contributed by atoms with Crippen molar-refractivity contribution in [1.82, 2.24) is 9.38 Å². The number of imidazole rings is 1. The van der Waals surface area contributed by atoms with Crippen LogP contribution >= 0.6 is 11.6 Å². The standard InChI is InChI=1S/C10H12ClN3/c1-10(2,12)9-13-6-8-7(11)4-3-5-14(8)9/h3-6H,12H2,1-2H3/i1D3,2D3. The second kappa shape index (κ2) is 2.97. The Kier molecular flexibility index (Phi) is 0.984. The third kappa shape index (κ3) is 1.38. The van der Waals surface area contributed by atoms with Crippen molar-refractivity contribution in [3.05, 3.63) is 35.4 Å². The first-order chi connectivity index (χ1) is 9.00. The zero-order valence-electron chi connectivity index (χ0n) is 13.2. The van der Waals surface area contributed by atoms with Gasteiger partial charge in [-0.3, -0.25) is 0 Å². The van der Waals surface area contributed by atoms with E-state index < -0.39 is 19.2 Å². The molecule has 0 aromatic carbocycles. The minimum atomic E-state index is -2.96. The summed E-state index contributed by atoms with van der Waals surface area (Å²) < 4.78 is 46.3. The van der Waals surface area contributed by atoms with Gasteiger partial charge in [-0.2, -0.15) is 0 Å². The molecule has 2 aromatic heterocycles. The molecule has 2 N–H and O–H groups in total. The molecule has 0 spiro atoms. The molecule has 3 nitrogen and oxygen atoms in total. The van der Waals surface area contributed by atoms with Gasteiger partial charge in [-0.05, 0) is 25.8 Å². The molecule has 0 amide bonds. The first-order valence-electron chi connectivity index (χ1n) is 6.91. The van der Waals surface area contributed by atoms with Crippen LogP contribution in [0.15, 0.2) is 24.5 Å². The molecule has 0 aliphatic heterocycles. The van der Waals surface area contributed by atoms with Crippen LogP contribution in [0, 0.1) is 0 Å². The monoisotopic (exact) mass is 215 g/mol. The molecule has 2 heterocycles. The predicted octanol–water partition coefficient (Wildman–Crippen LogP) is 2.18. The summed E-state index contributed by atoms with van der Waals surface area (Å²) in [5.74, 6) is -0.269. The molecule has 0 aliphatic rings. The molecule has 0 atom stereocenters. The maximum atomic E-state index is 7.51. The van der Waals surface area contributed by atoms with E-state index in [0.29, 0.717) is 10.5 Å². The summed E-state index contributed by atoms with van der Waals surface area (Å²) in [6, 6.07) is 3.14. The van der Waals surface area contributed by atoms with Crippen LogP contribution in [0.25, 0.3) is 5.52 Å². The quantitative estimate of drug-likeness (QED) is 0.793. The minimum absolute atomic E-state index is 0.269.